The lowest BCUT2D eigenvalue weighted by atomic mass is 9.92. The van der Waals surface area contributed by atoms with E-state index in [1.165, 1.54) is 0 Å². The highest BCUT2D eigenvalue weighted by molar-refractivity contribution is 7.80. The monoisotopic (exact) mass is 250 g/mol. The Bertz CT molecular complexity index is 458. The second kappa shape index (κ2) is 4.33. The zero-order chi connectivity index (χ0) is 12.5. The number of carbonyl (C=O) groups is 1. The van der Waals surface area contributed by atoms with Gasteiger partial charge in [-0.05, 0) is 43.8 Å². The molecule has 0 radical (unpaired) electrons. The molecule has 90 valence electrons. The molecule has 1 aromatic rings. The maximum absolute atomic E-state index is 11.8. The normalized spacial score (nSPS) is 23.2. The van der Waals surface area contributed by atoms with Gasteiger partial charge in [0, 0.05) is 0 Å². The molecule has 1 fully saturated rings. The van der Waals surface area contributed by atoms with Crippen LogP contribution in [0.15, 0.2) is 24.3 Å². The zero-order valence-electron chi connectivity index (χ0n) is 9.74. The smallest absolute Gasteiger partial charge is 0.256 e. The van der Waals surface area contributed by atoms with Crippen molar-refractivity contribution in [2.75, 3.05) is 6.61 Å². The van der Waals surface area contributed by atoms with Crippen molar-refractivity contribution < 1.29 is 9.53 Å². The lowest BCUT2D eigenvalue weighted by Gasteiger charge is -2.21. The first-order valence-corrected chi connectivity index (χ1v) is 5.84. The summed E-state index contributed by atoms with van der Waals surface area (Å²) in [5, 5.41) is 5.94. The molecule has 2 rings (SSSR count). The minimum absolute atomic E-state index is 0.133. The van der Waals surface area contributed by atoms with Gasteiger partial charge >= 0.3 is 0 Å². The van der Waals surface area contributed by atoms with E-state index in [-0.39, 0.29) is 5.91 Å². The standard InChI is InChI=1S/C12H14N2O2S/c1-3-16-9-6-4-8(5-7-9)12(2)10(15)13-11(17)14-12/h4-7H,3H2,1-2H3,(H2,13,14,15,17). The lowest BCUT2D eigenvalue weighted by Crippen LogP contribution is -2.40. The van der Waals surface area contributed by atoms with Crippen LogP contribution in [0.2, 0.25) is 0 Å². The largest absolute Gasteiger partial charge is 0.494 e. The summed E-state index contributed by atoms with van der Waals surface area (Å²) in [6.45, 7) is 4.36. The van der Waals surface area contributed by atoms with Gasteiger partial charge in [0.1, 0.15) is 11.3 Å². The molecule has 0 bridgehead atoms. The summed E-state index contributed by atoms with van der Waals surface area (Å²) in [5.41, 5.74) is 0.0697. The van der Waals surface area contributed by atoms with E-state index >= 15 is 0 Å². The predicted octanol–water partition coefficient (Wildman–Crippen LogP) is 1.30. The fourth-order valence-electron chi connectivity index (χ4n) is 1.80. The number of nitrogens with one attached hydrogen (secondary N) is 2. The van der Waals surface area contributed by atoms with Gasteiger partial charge in [0.05, 0.1) is 6.61 Å². The summed E-state index contributed by atoms with van der Waals surface area (Å²) in [6, 6.07) is 7.43. The number of amides is 1. The molecular weight excluding hydrogens is 236 g/mol. The van der Waals surface area contributed by atoms with Crippen LogP contribution in [0.5, 0.6) is 5.75 Å². The van der Waals surface area contributed by atoms with Crippen LogP contribution in [0, 0.1) is 0 Å². The van der Waals surface area contributed by atoms with Crippen molar-refractivity contribution in [3.8, 4) is 5.75 Å². The number of carbonyl (C=O) groups excluding carboxylic acids is 1. The van der Waals surface area contributed by atoms with Gasteiger partial charge < -0.3 is 15.4 Å². The van der Waals surface area contributed by atoms with Gasteiger partial charge in [0.25, 0.3) is 5.91 Å². The average molecular weight is 250 g/mol. The Hall–Kier alpha value is -1.62. The molecule has 1 aliphatic rings. The van der Waals surface area contributed by atoms with Crippen molar-refractivity contribution in [3.63, 3.8) is 0 Å². The fourth-order valence-corrected chi connectivity index (χ4v) is 2.09. The quantitative estimate of drug-likeness (QED) is 0.794. The Morgan fingerprint density at radius 1 is 1.35 bits per heavy atom. The molecule has 1 saturated heterocycles. The van der Waals surface area contributed by atoms with Gasteiger partial charge in [-0.3, -0.25) is 4.79 Å². The topological polar surface area (TPSA) is 50.4 Å². The summed E-state index contributed by atoms with van der Waals surface area (Å²) >= 11 is 4.94. The molecule has 0 saturated carbocycles. The summed E-state index contributed by atoms with van der Waals surface area (Å²) < 4.78 is 5.36. The second-order valence-electron chi connectivity index (χ2n) is 3.99. The molecular formula is C12H14N2O2S. The maximum atomic E-state index is 11.8. The maximum Gasteiger partial charge on any atom is 0.256 e. The van der Waals surface area contributed by atoms with Crippen LogP contribution in [0.1, 0.15) is 19.4 Å². The Kier molecular flexibility index (Phi) is 3.02. The number of rotatable bonds is 3. The zero-order valence-corrected chi connectivity index (χ0v) is 10.6. The summed E-state index contributed by atoms with van der Waals surface area (Å²) in [4.78, 5) is 11.8. The molecule has 1 aliphatic heterocycles. The number of ether oxygens (including phenoxy) is 1. The van der Waals surface area contributed by atoms with E-state index < -0.39 is 5.54 Å². The van der Waals surface area contributed by atoms with Crippen molar-refractivity contribution in [1.82, 2.24) is 10.6 Å². The minimum atomic E-state index is -0.790. The Morgan fingerprint density at radius 3 is 2.47 bits per heavy atom. The van der Waals surface area contributed by atoms with Crippen molar-refractivity contribution in [3.05, 3.63) is 29.8 Å². The Balaban J connectivity index is 2.28. The van der Waals surface area contributed by atoms with Crippen LogP contribution in [0.3, 0.4) is 0 Å². The van der Waals surface area contributed by atoms with E-state index in [4.69, 9.17) is 17.0 Å². The Labute approximate surface area is 105 Å². The first-order valence-electron chi connectivity index (χ1n) is 5.43. The van der Waals surface area contributed by atoms with Gasteiger partial charge in [-0.25, -0.2) is 0 Å². The average Bonchev–Trinajstić information content (AvgIpc) is 2.55. The molecule has 2 N–H and O–H groups in total. The van der Waals surface area contributed by atoms with Crippen molar-refractivity contribution in [2.45, 2.75) is 19.4 Å². The molecule has 0 spiro atoms. The van der Waals surface area contributed by atoms with Gasteiger partial charge in [-0.1, -0.05) is 12.1 Å². The third-order valence-electron chi connectivity index (χ3n) is 2.79. The van der Waals surface area contributed by atoms with Gasteiger partial charge in [-0.2, -0.15) is 0 Å². The summed E-state index contributed by atoms with van der Waals surface area (Å²) in [6.07, 6.45) is 0. The number of hydrogen-bond acceptors (Lipinski definition) is 3. The molecule has 1 unspecified atom stereocenters. The third kappa shape index (κ3) is 2.10. The van der Waals surface area contributed by atoms with Crippen LogP contribution < -0.4 is 15.4 Å². The fraction of sp³-hybridized carbons (Fsp3) is 0.333. The van der Waals surface area contributed by atoms with Crippen LogP contribution >= 0.6 is 12.2 Å². The van der Waals surface area contributed by atoms with Crippen LogP contribution in [0.25, 0.3) is 0 Å². The van der Waals surface area contributed by atoms with E-state index in [1.54, 1.807) is 6.92 Å². The van der Waals surface area contributed by atoms with Crippen LogP contribution in [-0.4, -0.2) is 17.6 Å². The Morgan fingerprint density at radius 2 is 2.00 bits per heavy atom. The molecule has 0 aliphatic carbocycles. The van der Waals surface area contributed by atoms with Crippen molar-refractivity contribution in [1.29, 1.82) is 0 Å². The van der Waals surface area contributed by atoms with E-state index in [2.05, 4.69) is 10.6 Å². The summed E-state index contributed by atoms with van der Waals surface area (Å²) in [5.74, 6) is 0.660. The minimum Gasteiger partial charge on any atom is -0.494 e. The van der Waals surface area contributed by atoms with E-state index in [9.17, 15) is 4.79 Å². The van der Waals surface area contributed by atoms with Crippen LogP contribution in [0.4, 0.5) is 0 Å². The third-order valence-corrected chi connectivity index (χ3v) is 2.99. The predicted molar refractivity (Wildman–Crippen MR) is 68.8 cm³/mol. The number of benzene rings is 1. The van der Waals surface area contributed by atoms with Crippen molar-refractivity contribution in [2.24, 2.45) is 0 Å². The van der Waals surface area contributed by atoms with Gasteiger partial charge in [-0.15, -0.1) is 0 Å². The molecule has 17 heavy (non-hydrogen) atoms. The van der Waals surface area contributed by atoms with E-state index in [0.29, 0.717) is 11.7 Å². The van der Waals surface area contributed by atoms with Crippen LogP contribution in [-0.2, 0) is 10.3 Å². The first kappa shape index (κ1) is 11.9. The molecule has 1 heterocycles. The molecule has 0 aromatic heterocycles. The van der Waals surface area contributed by atoms with E-state index in [0.717, 1.165) is 11.3 Å². The molecule has 1 atom stereocenters. The lowest BCUT2D eigenvalue weighted by molar-refractivity contribution is -0.123. The van der Waals surface area contributed by atoms with Gasteiger partial charge in [0.15, 0.2) is 5.11 Å². The second-order valence-corrected chi connectivity index (χ2v) is 4.40. The first-order chi connectivity index (χ1) is 8.06. The molecule has 5 heteroatoms. The highest BCUT2D eigenvalue weighted by Gasteiger charge is 2.41. The number of thiocarbonyl (C=S) groups is 1. The number of hydrogen-bond donors (Lipinski definition) is 2. The summed E-state index contributed by atoms with van der Waals surface area (Å²) in [7, 11) is 0. The van der Waals surface area contributed by atoms with Gasteiger partial charge in [0.2, 0.25) is 0 Å². The van der Waals surface area contributed by atoms with Crippen molar-refractivity contribution >= 4 is 23.2 Å². The molecule has 1 amide bonds. The SMILES string of the molecule is CCOc1ccc(C2(C)NC(=S)NC2=O)cc1. The van der Waals surface area contributed by atoms with E-state index in [1.807, 2.05) is 31.2 Å². The molecule has 4 nitrogen and oxygen atoms in total. The highest BCUT2D eigenvalue weighted by atomic mass is 32.1. The molecule has 1 aromatic carbocycles. The highest BCUT2D eigenvalue weighted by Crippen LogP contribution is 2.26.